The Labute approximate surface area is 367 Å². The molecule has 0 radical (unpaired) electrons. The Bertz CT molecular complexity index is 3320. The van der Waals surface area contributed by atoms with Crippen LogP contribution in [-0.2, 0) is 0 Å². The summed E-state index contributed by atoms with van der Waals surface area (Å²) < 4.78 is 2.40. The van der Waals surface area contributed by atoms with Crippen molar-refractivity contribution in [2.75, 3.05) is 11.9 Å². The first kappa shape index (κ1) is 37.6. The third-order valence-corrected chi connectivity index (χ3v) is 12.0. The molecule has 0 spiro atoms. The summed E-state index contributed by atoms with van der Waals surface area (Å²) in [6.45, 7) is 0. The average Bonchev–Trinajstić information content (AvgIpc) is 3.71. The third kappa shape index (κ3) is 7.04. The van der Waals surface area contributed by atoms with Crippen LogP contribution in [0.2, 0.25) is 0 Å². The molecule has 0 N–H and O–H groups in total. The van der Waals surface area contributed by atoms with Crippen LogP contribution in [0.3, 0.4) is 0 Å². The zero-order valence-electron chi connectivity index (χ0n) is 34.8. The molecule has 0 unspecified atom stereocenters. The van der Waals surface area contributed by atoms with Gasteiger partial charge in [0.05, 0.1) is 22.4 Å². The smallest absolute Gasteiger partial charge is 0.160 e. The van der Waals surface area contributed by atoms with E-state index in [2.05, 4.69) is 241 Å². The van der Waals surface area contributed by atoms with Gasteiger partial charge in [0.15, 0.2) is 5.82 Å². The Morgan fingerprint density at radius 3 is 1.59 bits per heavy atom. The highest BCUT2D eigenvalue weighted by molar-refractivity contribution is 6.16. The second-order valence-electron chi connectivity index (χ2n) is 15.8. The lowest BCUT2D eigenvalue weighted by molar-refractivity contribution is 1.18. The van der Waals surface area contributed by atoms with Gasteiger partial charge in [0.25, 0.3) is 0 Å². The van der Waals surface area contributed by atoms with E-state index >= 15 is 0 Å². The molecule has 0 aliphatic heterocycles. The summed E-state index contributed by atoms with van der Waals surface area (Å²) in [5.41, 5.74) is 17.6. The molecule has 2 heterocycles. The normalized spacial score (nSPS) is 11.3. The summed E-state index contributed by atoms with van der Waals surface area (Å²) in [5, 5.41) is 2.41. The molecular weight excluding hydrogens is 765 g/mol. The molecule has 0 atom stereocenters. The van der Waals surface area contributed by atoms with Crippen molar-refractivity contribution in [2.45, 2.75) is 0 Å². The number of fused-ring (bicyclic) bond motifs is 3. The number of nitrogens with zero attached hydrogens (tertiary/aromatic N) is 4. The highest BCUT2D eigenvalue weighted by Gasteiger charge is 2.20. The van der Waals surface area contributed by atoms with Gasteiger partial charge in [0, 0.05) is 57.1 Å². The van der Waals surface area contributed by atoms with E-state index in [1.54, 1.807) is 0 Å². The van der Waals surface area contributed by atoms with Crippen LogP contribution in [0.5, 0.6) is 0 Å². The summed E-state index contributed by atoms with van der Waals surface area (Å²) in [6.07, 6.45) is 0. The van der Waals surface area contributed by atoms with E-state index < -0.39 is 0 Å². The molecule has 0 amide bonds. The van der Waals surface area contributed by atoms with Gasteiger partial charge in [0.2, 0.25) is 0 Å². The minimum Gasteiger partial charge on any atom is -0.344 e. The molecule has 2 aromatic heterocycles. The average molecular weight is 807 g/mol. The lowest BCUT2D eigenvalue weighted by Gasteiger charge is -2.25. The number of hydrogen-bond acceptors (Lipinski definition) is 3. The van der Waals surface area contributed by atoms with Crippen LogP contribution in [-0.4, -0.2) is 21.6 Å². The van der Waals surface area contributed by atoms with Gasteiger partial charge < -0.3 is 9.47 Å². The molecule has 11 rings (SSSR count). The van der Waals surface area contributed by atoms with E-state index in [0.29, 0.717) is 5.82 Å². The van der Waals surface area contributed by atoms with E-state index in [4.69, 9.17) is 9.97 Å². The number of benzene rings is 9. The molecule has 0 saturated carbocycles. The molecule has 0 saturated heterocycles. The second kappa shape index (κ2) is 16.3. The Morgan fingerprint density at radius 1 is 0.381 bits per heavy atom. The molecule has 0 fully saturated rings. The molecule has 298 valence electrons. The number of rotatable bonds is 9. The fourth-order valence-electron chi connectivity index (χ4n) is 9.00. The van der Waals surface area contributed by atoms with Crippen LogP contribution in [0.4, 0.5) is 11.4 Å². The van der Waals surface area contributed by atoms with Gasteiger partial charge in [-0.3, -0.25) is 0 Å². The molecule has 9 aromatic carbocycles. The standard InChI is InChI=1S/C59H42N4/c1-62(47-27-12-5-13-28-47)55-33-17-30-49(57(55)44-23-10-4-11-24-44)41-35-37-48(38-36-41)63-54-32-15-14-29-51(54)58-50(31-18-34-56(58)63)45-25-16-26-46(39-45)59-60-52(42-19-6-2-7-20-42)40-53(61-59)43-21-8-3-9-22-43/h2-40H,1H3. The summed E-state index contributed by atoms with van der Waals surface area (Å²) in [6, 6.07) is 83.8. The minimum absolute atomic E-state index is 0.694. The summed E-state index contributed by atoms with van der Waals surface area (Å²) in [4.78, 5) is 12.6. The molecule has 63 heavy (non-hydrogen) atoms. The summed E-state index contributed by atoms with van der Waals surface area (Å²) >= 11 is 0. The number of aromatic nitrogens is 3. The molecule has 0 bridgehead atoms. The van der Waals surface area contributed by atoms with Gasteiger partial charge in [-0.1, -0.05) is 182 Å². The Balaban J connectivity index is 1.02. The van der Waals surface area contributed by atoms with Crippen molar-refractivity contribution < 1.29 is 0 Å². The maximum absolute atomic E-state index is 5.15. The maximum Gasteiger partial charge on any atom is 0.160 e. The zero-order chi connectivity index (χ0) is 42.1. The van der Waals surface area contributed by atoms with Crippen molar-refractivity contribution in [3.63, 3.8) is 0 Å². The molecule has 0 aliphatic rings. The second-order valence-corrected chi connectivity index (χ2v) is 15.8. The number of anilines is 2. The van der Waals surface area contributed by atoms with Crippen molar-refractivity contribution in [1.82, 2.24) is 14.5 Å². The lowest BCUT2D eigenvalue weighted by atomic mass is 9.92. The Hall–Kier alpha value is -8.34. The Kier molecular flexibility index (Phi) is 9.72. The fraction of sp³-hybridized carbons (Fsp3) is 0.0169. The van der Waals surface area contributed by atoms with Gasteiger partial charge in [0.1, 0.15) is 0 Å². The lowest BCUT2D eigenvalue weighted by Crippen LogP contribution is -2.11. The van der Waals surface area contributed by atoms with Crippen molar-refractivity contribution in [2.24, 2.45) is 0 Å². The molecule has 4 heteroatoms. The van der Waals surface area contributed by atoms with E-state index in [9.17, 15) is 0 Å². The van der Waals surface area contributed by atoms with Crippen molar-refractivity contribution in [3.05, 3.63) is 237 Å². The largest absolute Gasteiger partial charge is 0.344 e. The quantitative estimate of drug-likeness (QED) is 0.146. The van der Waals surface area contributed by atoms with Crippen molar-refractivity contribution in [1.29, 1.82) is 0 Å². The van der Waals surface area contributed by atoms with Crippen molar-refractivity contribution in [3.8, 4) is 73.0 Å². The minimum atomic E-state index is 0.694. The SMILES string of the molecule is CN(c1ccccc1)c1cccc(-c2ccc(-n3c4ccccc4c4c(-c5cccc(-c6nc(-c7ccccc7)cc(-c7ccccc7)n6)c5)cccc43)cc2)c1-c1ccccc1. The molecule has 11 aromatic rings. The van der Waals surface area contributed by atoms with E-state index in [1.807, 2.05) is 12.1 Å². The van der Waals surface area contributed by atoms with Gasteiger partial charge in [-0.15, -0.1) is 0 Å². The Morgan fingerprint density at radius 2 is 0.905 bits per heavy atom. The first-order valence-electron chi connectivity index (χ1n) is 21.4. The van der Waals surface area contributed by atoms with E-state index in [-0.39, 0.29) is 0 Å². The number of para-hydroxylation sites is 2. The van der Waals surface area contributed by atoms with Gasteiger partial charge >= 0.3 is 0 Å². The van der Waals surface area contributed by atoms with E-state index in [1.165, 1.54) is 27.5 Å². The number of hydrogen-bond donors (Lipinski definition) is 0. The van der Waals surface area contributed by atoms with Gasteiger partial charge in [-0.25, -0.2) is 9.97 Å². The van der Waals surface area contributed by atoms with E-state index in [0.717, 1.165) is 72.9 Å². The molecular formula is C59H42N4. The topological polar surface area (TPSA) is 34.0 Å². The van der Waals surface area contributed by atoms with Gasteiger partial charge in [-0.2, -0.15) is 0 Å². The highest BCUT2D eigenvalue weighted by Crippen LogP contribution is 2.43. The zero-order valence-corrected chi connectivity index (χ0v) is 34.8. The molecule has 4 nitrogen and oxygen atoms in total. The van der Waals surface area contributed by atoms with Gasteiger partial charge in [-0.05, 0) is 82.4 Å². The van der Waals surface area contributed by atoms with Crippen molar-refractivity contribution >= 4 is 33.2 Å². The summed E-state index contributed by atoms with van der Waals surface area (Å²) in [5.74, 6) is 0.694. The third-order valence-electron chi connectivity index (χ3n) is 12.0. The van der Waals surface area contributed by atoms with Crippen LogP contribution in [0.25, 0.3) is 94.8 Å². The predicted molar refractivity (Wildman–Crippen MR) is 263 cm³/mol. The maximum atomic E-state index is 5.15. The predicted octanol–water partition coefficient (Wildman–Crippen LogP) is 15.3. The van der Waals surface area contributed by atoms with Crippen LogP contribution in [0, 0.1) is 0 Å². The summed E-state index contributed by atoms with van der Waals surface area (Å²) in [7, 11) is 2.15. The van der Waals surface area contributed by atoms with Crippen LogP contribution < -0.4 is 4.90 Å². The first-order chi connectivity index (χ1) is 31.2. The fourth-order valence-corrected chi connectivity index (χ4v) is 9.00. The monoisotopic (exact) mass is 806 g/mol. The molecule has 0 aliphatic carbocycles. The van der Waals surface area contributed by atoms with Crippen LogP contribution >= 0.6 is 0 Å². The van der Waals surface area contributed by atoms with Crippen LogP contribution in [0.1, 0.15) is 0 Å². The first-order valence-corrected chi connectivity index (χ1v) is 21.4. The highest BCUT2D eigenvalue weighted by atomic mass is 15.1. The van der Waals surface area contributed by atoms with Crippen LogP contribution in [0.15, 0.2) is 237 Å².